The van der Waals surface area contributed by atoms with Gasteiger partial charge in [0.2, 0.25) is 11.5 Å². The molecule has 0 aliphatic rings. The molecule has 0 aliphatic carbocycles. The Hall–Kier alpha value is -3.69. The van der Waals surface area contributed by atoms with Gasteiger partial charge in [-0.15, -0.1) is 10.2 Å². The minimum absolute atomic E-state index is 0.0134. The summed E-state index contributed by atoms with van der Waals surface area (Å²) in [5, 5.41) is 25.2. The lowest BCUT2D eigenvalue weighted by molar-refractivity contribution is 0.0697. The van der Waals surface area contributed by atoms with E-state index in [0.717, 1.165) is 23.8 Å². The van der Waals surface area contributed by atoms with Crippen molar-refractivity contribution in [1.82, 2.24) is 19.4 Å². The zero-order chi connectivity index (χ0) is 24.8. The third kappa shape index (κ3) is 4.89. The summed E-state index contributed by atoms with van der Waals surface area (Å²) >= 11 is 0. The first-order valence-electron chi connectivity index (χ1n) is 8.92. The Morgan fingerprint density at radius 1 is 1.12 bits per heavy atom. The lowest BCUT2D eigenvalue weighted by Gasteiger charge is -2.40. The summed E-state index contributed by atoms with van der Waals surface area (Å²) in [6, 6.07) is 1.93. The largest absolute Gasteiger partial charge is 0.497 e. The molecule has 2 N–H and O–H groups in total. The fraction of sp³-hybridized carbons (Fsp3) is 0.235. The molecule has 0 aliphatic heterocycles. The maximum absolute atomic E-state index is 13.3. The molecule has 16 heteroatoms. The number of aromatic carboxylic acids is 1. The van der Waals surface area contributed by atoms with Gasteiger partial charge in [0.05, 0.1) is 13.7 Å². The molecule has 0 saturated heterocycles. The van der Waals surface area contributed by atoms with Crippen molar-refractivity contribution >= 4 is 27.6 Å². The molecule has 2 heterocycles. The molecular weight excluding hydrogens is 481 g/mol. The third-order valence-corrected chi connectivity index (χ3v) is 5.39. The van der Waals surface area contributed by atoms with Crippen molar-refractivity contribution in [3.63, 3.8) is 0 Å². The summed E-state index contributed by atoms with van der Waals surface area (Å²) in [7, 11) is -9.19. The van der Waals surface area contributed by atoms with Gasteiger partial charge in [0.15, 0.2) is 11.4 Å². The predicted molar refractivity (Wildman–Crippen MR) is 104 cm³/mol. The molecule has 180 valence electrons. The van der Waals surface area contributed by atoms with Crippen LogP contribution in [0.2, 0.25) is 0 Å². The van der Waals surface area contributed by atoms with Crippen molar-refractivity contribution < 1.29 is 43.6 Å². The van der Waals surface area contributed by atoms with Crippen molar-refractivity contribution in [2.75, 3.05) is 13.7 Å². The molecule has 0 fully saturated rings. The van der Waals surface area contributed by atoms with E-state index in [2.05, 4.69) is 14.9 Å². The van der Waals surface area contributed by atoms with Crippen LogP contribution >= 0.6 is 10.2 Å². The number of hydrogen-bond donors (Lipinski definition) is 2. The van der Waals surface area contributed by atoms with Gasteiger partial charge >= 0.3 is 16.2 Å². The molecule has 0 unspecified atom stereocenters. The number of Topliss-reactive ketones (excluding diaryl/α,β-unsaturated/α-hetero) is 1. The van der Waals surface area contributed by atoms with Crippen molar-refractivity contribution in [2.24, 2.45) is 0 Å². The number of halogens is 5. The minimum Gasteiger partial charge on any atom is -0.497 e. The van der Waals surface area contributed by atoms with Crippen LogP contribution in [0.15, 0.2) is 29.2 Å². The fourth-order valence-corrected chi connectivity index (χ4v) is 3.47. The smallest absolute Gasteiger partial charge is 0.339 e. The second-order valence-electron chi connectivity index (χ2n) is 6.64. The molecule has 10 nitrogen and oxygen atoms in total. The van der Waals surface area contributed by atoms with Crippen LogP contribution in [0.4, 0.5) is 19.4 Å². The molecule has 0 bridgehead atoms. The van der Waals surface area contributed by atoms with Crippen LogP contribution in [0.25, 0.3) is 5.65 Å². The Morgan fingerprint density at radius 2 is 1.79 bits per heavy atom. The van der Waals surface area contributed by atoms with Crippen molar-refractivity contribution in [3.05, 3.63) is 41.0 Å². The zero-order valence-corrected chi connectivity index (χ0v) is 17.7. The maximum Gasteiger partial charge on any atom is 0.339 e. The van der Waals surface area contributed by atoms with Crippen LogP contribution in [0.5, 0.6) is 11.6 Å². The lowest BCUT2D eigenvalue weighted by Crippen LogP contribution is -2.26. The van der Waals surface area contributed by atoms with Crippen LogP contribution in [0.1, 0.15) is 27.6 Å². The highest BCUT2D eigenvalue weighted by Gasteiger charge is 2.65. The number of fused-ring (bicyclic) bond motifs is 1. The maximum atomic E-state index is 13.3. The molecule has 0 radical (unpaired) electrons. The summed E-state index contributed by atoms with van der Waals surface area (Å²) in [6.07, 6.45) is 0. The highest BCUT2D eigenvalue weighted by atomic mass is 32.5. The monoisotopic (exact) mass is 497 g/mol. The average molecular weight is 497 g/mol. The molecular formula is C17H16F5N5O5S. The Morgan fingerprint density at radius 3 is 2.33 bits per heavy atom. The van der Waals surface area contributed by atoms with E-state index < -0.39 is 55.9 Å². The van der Waals surface area contributed by atoms with Gasteiger partial charge in [-0.05, 0) is 19.1 Å². The van der Waals surface area contributed by atoms with Crippen LogP contribution in [0, 0.1) is 5.41 Å². The normalized spacial score (nSPS) is 13.9. The second kappa shape index (κ2) is 7.16. The Bertz CT molecular complexity index is 1350. The fourth-order valence-electron chi connectivity index (χ4n) is 2.78. The highest BCUT2D eigenvalue weighted by Crippen LogP contribution is 3.02. The summed E-state index contributed by atoms with van der Waals surface area (Å²) in [5.41, 5.74) is -2.15. The zero-order valence-electron chi connectivity index (χ0n) is 16.9. The van der Waals surface area contributed by atoms with Crippen molar-refractivity contribution in [1.29, 1.82) is 5.41 Å². The van der Waals surface area contributed by atoms with Gasteiger partial charge in [-0.2, -0.15) is 4.52 Å². The Kier molecular flexibility index (Phi) is 5.20. The van der Waals surface area contributed by atoms with Gasteiger partial charge < -0.3 is 14.6 Å². The molecule has 0 spiro atoms. The second-order valence-corrected chi connectivity index (χ2v) is 9.05. The molecule has 3 aromatic rings. The summed E-state index contributed by atoms with van der Waals surface area (Å²) in [6.45, 7) is 0.857. The SMILES string of the molecule is CCOc1cc(C(=O)O)c2nn(CC(=O)c3cc(OC)cc(S(F)(F)(F)(F)F)c3)c(=N)n2n1. The van der Waals surface area contributed by atoms with E-state index in [1.807, 2.05) is 0 Å². The molecule has 1 aromatic carbocycles. The number of carboxylic acids is 1. The van der Waals surface area contributed by atoms with Gasteiger partial charge in [-0.3, -0.25) is 10.2 Å². The number of aromatic nitrogens is 4. The van der Waals surface area contributed by atoms with Crippen molar-refractivity contribution in [2.45, 2.75) is 18.4 Å². The first-order chi connectivity index (χ1) is 15.0. The highest BCUT2D eigenvalue weighted by molar-refractivity contribution is 8.45. The lowest BCUT2D eigenvalue weighted by atomic mass is 10.1. The van der Waals surface area contributed by atoms with E-state index in [4.69, 9.17) is 10.1 Å². The van der Waals surface area contributed by atoms with E-state index in [-0.39, 0.29) is 30.3 Å². The Balaban J connectivity index is 2.09. The van der Waals surface area contributed by atoms with Gasteiger partial charge in [0.25, 0.3) is 0 Å². The van der Waals surface area contributed by atoms with Gasteiger partial charge in [0, 0.05) is 17.7 Å². The third-order valence-electron chi connectivity index (χ3n) is 4.27. The molecule has 3 rings (SSSR count). The molecule has 0 atom stereocenters. The van der Waals surface area contributed by atoms with E-state index in [9.17, 15) is 34.1 Å². The number of hydrogen-bond acceptors (Lipinski definition) is 7. The van der Waals surface area contributed by atoms with Gasteiger partial charge in [0.1, 0.15) is 22.8 Å². The van der Waals surface area contributed by atoms with Crippen LogP contribution < -0.4 is 15.1 Å². The quantitative estimate of drug-likeness (QED) is 0.359. The number of benzene rings is 1. The molecule has 33 heavy (non-hydrogen) atoms. The number of nitrogens with one attached hydrogen (secondary N) is 1. The number of ether oxygens (including phenoxy) is 2. The van der Waals surface area contributed by atoms with E-state index in [1.165, 1.54) is 0 Å². The van der Waals surface area contributed by atoms with E-state index >= 15 is 0 Å². The number of carbonyl (C=O) groups is 2. The van der Waals surface area contributed by atoms with Gasteiger partial charge in [-0.25, -0.2) is 9.48 Å². The van der Waals surface area contributed by atoms with Crippen molar-refractivity contribution in [3.8, 4) is 11.6 Å². The number of ketones is 1. The molecule has 0 saturated carbocycles. The number of nitrogens with zero attached hydrogens (tertiary/aromatic N) is 4. The number of carbonyl (C=O) groups excluding carboxylic acids is 1. The summed E-state index contributed by atoms with van der Waals surface area (Å²) in [5.74, 6) is -3.35. The summed E-state index contributed by atoms with van der Waals surface area (Å²) in [4.78, 5) is 21.8. The number of rotatable bonds is 8. The van der Waals surface area contributed by atoms with Gasteiger partial charge in [-0.1, -0.05) is 19.4 Å². The molecule has 0 amide bonds. The number of carboxylic acid groups (broad SMARTS) is 1. The number of methoxy groups -OCH3 is 1. The van der Waals surface area contributed by atoms with E-state index in [1.54, 1.807) is 6.92 Å². The van der Waals surface area contributed by atoms with Crippen LogP contribution in [-0.2, 0) is 6.54 Å². The van der Waals surface area contributed by atoms with E-state index in [0.29, 0.717) is 4.68 Å². The predicted octanol–water partition coefficient (Wildman–Crippen LogP) is 3.66. The van der Waals surface area contributed by atoms with Crippen LogP contribution in [0.3, 0.4) is 0 Å². The minimum atomic E-state index is -10.1. The van der Waals surface area contributed by atoms with Crippen LogP contribution in [-0.4, -0.2) is 50.0 Å². The first kappa shape index (κ1) is 24.0. The molecule has 2 aromatic heterocycles. The first-order valence-corrected chi connectivity index (χ1v) is 10.9. The average Bonchev–Trinajstić information content (AvgIpc) is 3.01. The standard InChI is InChI=1S/C17H16F5N5O5S/c1-3-32-14-7-12(16(29)30)15-25-26(17(23)27(15)24-14)8-13(28)9-4-10(31-2)6-11(5-9)33(18,19,20,21)22/h4-7,23H,3,8H2,1-2H3,(H,29,30). The topological polar surface area (TPSA) is 132 Å². The summed E-state index contributed by atoms with van der Waals surface area (Å²) < 4.78 is 77.5. The Labute approximate surface area is 181 Å².